The highest BCUT2D eigenvalue weighted by Crippen LogP contribution is 2.15. The van der Waals surface area contributed by atoms with Gasteiger partial charge < -0.3 is 15.4 Å². The predicted octanol–water partition coefficient (Wildman–Crippen LogP) is 2.58. The third-order valence-electron chi connectivity index (χ3n) is 3.35. The molecule has 1 aromatic rings. The molecule has 0 spiro atoms. The lowest BCUT2D eigenvalue weighted by atomic mass is 10.0. The highest BCUT2D eigenvalue weighted by atomic mass is 16.5. The highest BCUT2D eigenvalue weighted by Gasteiger charge is 2.16. The first-order valence-electron chi connectivity index (χ1n) is 7.36. The van der Waals surface area contributed by atoms with Crippen LogP contribution in [0.2, 0.25) is 0 Å². The molecule has 1 aromatic carbocycles. The van der Waals surface area contributed by atoms with E-state index >= 15 is 0 Å². The summed E-state index contributed by atoms with van der Waals surface area (Å²) in [7, 11) is 1.84. The molecule has 1 atom stereocenters. The fourth-order valence-electron chi connectivity index (χ4n) is 2.12. The van der Waals surface area contributed by atoms with Crippen molar-refractivity contribution in [2.24, 2.45) is 11.7 Å². The standard InChI is InChI=1S/C17H26N2O2/c1-4-12-21-16-9-7-15(8-10-16)13-19(3)17(20)14(2)6-5-11-18/h4,7-10,14H,1,5-6,11-13,18H2,2-3H3. The van der Waals surface area contributed by atoms with Gasteiger partial charge in [-0.25, -0.2) is 0 Å². The maximum absolute atomic E-state index is 12.2. The van der Waals surface area contributed by atoms with Crippen LogP contribution in [0.4, 0.5) is 0 Å². The Morgan fingerprint density at radius 1 is 1.43 bits per heavy atom. The van der Waals surface area contributed by atoms with Crippen LogP contribution in [0.15, 0.2) is 36.9 Å². The van der Waals surface area contributed by atoms with E-state index in [9.17, 15) is 4.79 Å². The molecule has 4 heteroatoms. The van der Waals surface area contributed by atoms with Crippen LogP contribution in [0, 0.1) is 5.92 Å². The fraction of sp³-hybridized carbons (Fsp3) is 0.471. The Morgan fingerprint density at radius 2 is 2.10 bits per heavy atom. The van der Waals surface area contributed by atoms with Gasteiger partial charge in [-0.05, 0) is 37.1 Å². The van der Waals surface area contributed by atoms with Crippen molar-refractivity contribution in [3.63, 3.8) is 0 Å². The van der Waals surface area contributed by atoms with Crippen molar-refractivity contribution in [2.45, 2.75) is 26.3 Å². The molecule has 1 rings (SSSR count). The number of benzene rings is 1. The van der Waals surface area contributed by atoms with Gasteiger partial charge in [-0.3, -0.25) is 4.79 Å². The first-order chi connectivity index (χ1) is 10.1. The first kappa shape index (κ1) is 17.2. The number of rotatable bonds is 9. The van der Waals surface area contributed by atoms with Crippen LogP contribution in [0.3, 0.4) is 0 Å². The summed E-state index contributed by atoms with van der Waals surface area (Å²) in [5.41, 5.74) is 6.57. The summed E-state index contributed by atoms with van der Waals surface area (Å²) in [6.07, 6.45) is 3.44. The second-order valence-corrected chi connectivity index (χ2v) is 5.27. The summed E-state index contributed by atoms with van der Waals surface area (Å²) in [5, 5.41) is 0. The number of nitrogens with two attached hydrogens (primary N) is 1. The summed E-state index contributed by atoms with van der Waals surface area (Å²) in [6.45, 7) is 7.31. The average Bonchev–Trinajstić information content (AvgIpc) is 2.51. The highest BCUT2D eigenvalue weighted by molar-refractivity contribution is 5.78. The second-order valence-electron chi connectivity index (χ2n) is 5.27. The van der Waals surface area contributed by atoms with Crippen molar-refractivity contribution in [3.05, 3.63) is 42.5 Å². The number of ether oxygens (including phenoxy) is 1. The van der Waals surface area contributed by atoms with Crippen LogP contribution in [0.5, 0.6) is 5.75 Å². The Bertz CT molecular complexity index is 443. The van der Waals surface area contributed by atoms with Crippen LogP contribution >= 0.6 is 0 Å². The Morgan fingerprint density at radius 3 is 2.67 bits per heavy atom. The molecule has 0 saturated heterocycles. The molecule has 1 amide bonds. The third kappa shape index (κ3) is 6.00. The topological polar surface area (TPSA) is 55.6 Å². The summed E-state index contributed by atoms with van der Waals surface area (Å²) in [4.78, 5) is 14.0. The zero-order valence-corrected chi connectivity index (χ0v) is 13.0. The normalized spacial score (nSPS) is 11.8. The Balaban J connectivity index is 2.51. The molecule has 1 unspecified atom stereocenters. The van der Waals surface area contributed by atoms with Gasteiger partial charge in [0.1, 0.15) is 12.4 Å². The molecule has 0 aliphatic heterocycles. The molecule has 0 saturated carbocycles. The van der Waals surface area contributed by atoms with Crippen LogP contribution in [0.25, 0.3) is 0 Å². The molecule has 0 aromatic heterocycles. The molecule has 0 bridgehead atoms. The van der Waals surface area contributed by atoms with E-state index < -0.39 is 0 Å². The van der Waals surface area contributed by atoms with Gasteiger partial charge in [-0.1, -0.05) is 31.7 Å². The summed E-state index contributed by atoms with van der Waals surface area (Å²) >= 11 is 0. The van der Waals surface area contributed by atoms with Crippen molar-refractivity contribution < 1.29 is 9.53 Å². The molecule has 4 nitrogen and oxygen atoms in total. The fourth-order valence-corrected chi connectivity index (χ4v) is 2.12. The smallest absolute Gasteiger partial charge is 0.225 e. The third-order valence-corrected chi connectivity index (χ3v) is 3.35. The van der Waals surface area contributed by atoms with Crippen LogP contribution < -0.4 is 10.5 Å². The number of hydrogen-bond donors (Lipinski definition) is 1. The number of carbonyl (C=O) groups is 1. The lowest BCUT2D eigenvalue weighted by Gasteiger charge is -2.21. The van der Waals surface area contributed by atoms with Gasteiger partial charge in [0.15, 0.2) is 0 Å². The van der Waals surface area contributed by atoms with E-state index in [0.717, 1.165) is 24.2 Å². The number of amides is 1. The van der Waals surface area contributed by atoms with Gasteiger partial charge in [-0.2, -0.15) is 0 Å². The van der Waals surface area contributed by atoms with Crippen molar-refractivity contribution in [2.75, 3.05) is 20.2 Å². The van der Waals surface area contributed by atoms with E-state index in [1.807, 2.05) is 38.2 Å². The van der Waals surface area contributed by atoms with Gasteiger partial charge >= 0.3 is 0 Å². The molecule has 0 radical (unpaired) electrons. The summed E-state index contributed by atoms with van der Waals surface area (Å²) < 4.78 is 5.43. The summed E-state index contributed by atoms with van der Waals surface area (Å²) in [6, 6.07) is 7.78. The van der Waals surface area contributed by atoms with Crippen LogP contribution in [0.1, 0.15) is 25.3 Å². The molecule has 116 valence electrons. The van der Waals surface area contributed by atoms with Gasteiger partial charge in [0, 0.05) is 19.5 Å². The lowest BCUT2D eigenvalue weighted by Crippen LogP contribution is -2.31. The van der Waals surface area contributed by atoms with Crippen molar-refractivity contribution in [1.29, 1.82) is 0 Å². The minimum Gasteiger partial charge on any atom is -0.490 e. The zero-order chi connectivity index (χ0) is 15.7. The minimum atomic E-state index is 0.0220. The van der Waals surface area contributed by atoms with Gasteiger partial charge in [-0.15, -0.1) is 0 Å². The van der Waals surface area contributed by atoms with E-state index in [-0.39, 0.29) is 11.8 Å². The van der Waals surface area contributed by atoms with Gasteiger partial charge in [0.05, 0.1) is 0 Å². The monoisotopic (exact) mass is 290 g/mol. The predicted molar refractivity (Wildman–Crippen MR) is 86.1 cm³/mol. The molecule has 0 aliphatic carbocycles. The van der Waals surface area contributed by atoms with Gasteiger partial charge in [0.25, 0.3) is 0 Å². The Labute approximate surface area is 127 Å². The van der Waals surface area contributed by atoms with E-state index in [2.05, 4.69) is 6.58 Å². The quantitative estimate of drug-likeness (QED) is 0.711. The second kappa shape index (κ2) is 9.19. The van der Waals surface area contributed by atoms with Crippen LogP contribution in [-0.4, -0.2) is 31.0 Å². The molecule has 21 heavy (non-hydrogen) atoms. The van der Waals surface area contributed by atoms with Crippen molar-refractivity contribution in [3.8, 4) is 5.75 Å². The minimum absolute atomic E-state index is 0.0220. The molecule has 0 aliphatic rings. The maximum Gasteiger partial charge on any atom is 0.225 e. The average molecular weight is 290 g/mol. The van der Waals surface area contributed by atoms with E-state index in [0.29, 0.717) is 19.7 Å². The van der Waals surface area contributed by atoms with Crippen molar-refractivity contribution in [1.82, 2.24) is 4.90 Å². The molecule has 0 heterocycles. The van der Waals surface area contributed by atoms with Crippen molar-refractivity contribution >= 4 is 5.91 Å². The molecule has 0 fully saturated rings. The first-order valence-corrected chi connectivity index (χ1v) is 7.36. The Kier molecular flexibility index (Phi) is 7.54. The van der Waals surface area contributed by atoms with E-state index in [4.69, 9.17) is 10.5 Å². The lowest BCUT2D eigenvalue weighted by molar-refractivity contribution is -0.134. The maximum atomic E-state index is 12.2. The van der Waals surface area contributed by atoms with E-state index in [1.165, 1.54) is 0 Å². The largest absolute Gasteiger partial charge is 0.490 e. The number of nitrogens with zero attached hydrogens (tertiary/aromatic N) is 1. The molecule has 2 N–H and O–H groups in total. The zero-order valence-electron chi connectivity index (χ0n) is 13.0. The molecular weight excluding hydrogens is 264 g/mol. The van der Waals surface area contributed by atoms with Gasteiger partial charge in [0.2, 0.25) is 5.91 Å². The van der Waals surface area contributed by atoms with E-state index in [1.54, 1.807) is 11.0 Å². The Hall–Kier alpha value is -1.81. The number of hydrogen-bond acceptors (Lipinski definition) is 3. The molecular formula is C17H26N2O2. The summed E-state index contributed by atoms with van der Waals surface area (Å²) in [5.74, 6) is 0.994. The number of carbonyl (C=O) groups excluding carboxylic acids is 1. The SMILES string of the molecule is C=CCOc1ccc(CN(C)C(=O)C(C)CCCN)cc1. The van der Waals surface area contributed by atoms with Crippen LogP contribution in [-0.2, 0) is 11.3 Å².